The lowest BCUT2D eigenvalue weighted by molar-refractivity contribution is 0.566. The van der Waals surface area contributed by atoms with Gasteiger partial charge >= 0.3 is 0 Å². The molecule has 1 fully saturated rings. The van der Waals surface area contributed by atoms with E-state index in [-0.39, 0.29) is 0 Å². The van der Waals surface area contributed by atoms with E-state index >= 15 is 0 Å². The lowest BCUT2D eigenvalue weighted by Crippen LogP contribution is -2.31. The number of hydrogen-bond acceptors (Lipinski definition) is 4. The minimum absolute atomic E-state index is 0.820. The Hall–Kier alpha value is -2.62. The molecule has 1 saturated heterocycles. The molecule has 1 aliphatic heterocycles. The fourth-order valence-corrected chi connectivity index (χ4v) is 3.07. The molecule has 0 atom stereocenters. The van der Waals surface area contributed by atoms with Crippen molar-refractivity contribution in [1.29, 1.82) is 0 Å². The first-order chi connectivity index (χ1) is 11.4. The molecule has 0 saturated carbocycles. The van der Waals surface area contributed by atoms with Crippen LogP contribution in [0.2, 0.25) is 0 Å². The van der Waals surface area contributed by atoms with Gasteiger partial charge in [-0.3, -0.25) is 0 Å². The van der Waals surface area contributed by atoms with Gasteiger partial charge in [0, 0.05) is 30.4 Å². The van der Waals surface area contributed by atoms with Crippen LogP contribution in [0, 0.1) is 0 Å². The van der Waals surface area contributed by atoms with Gasteiger partial charge in [0.2, 0.25) is 5.95 Å². The molecule has 4 nitrogen and oxygen atoms in total. The van der Waals surface area contributed by atoms with Crippen LogP contribution >= 0.6 is 0 Å². The van der Waals surface area contributed by atoms with Crippen molar-refractivity contribution in [2.45, 2.75) is 19.3 Å². The molecular weight excluding hydrogens is 286 g/mol. The summed E-state index contributed by atoms with van der Waals surface area (Å²) in [5.41, 5.74) is 4.08. The van der Waals surface area contributed by atoms with Gasteiger partial charge in [0.25, 0.3) is 0 Å². The maximum absolute atomic E-state index is 5.27. The Balaban J connectivity index is 1.80. The van der Waals surface area contributed by atoms with Crippen molar-refractivity contribution >= 4 is 5.95 Å². The molecule has 0 N–H and O–H groups in total. The normalized spacial score (nSPS) is 14.9. The largest absolute Gasteiger partial charge is 0.472 e. The summed E-state index contributed by atoms with van der Waals surface area (Å²) in [6.45, 7) is 2.07. The summed E-state index contributed by atoms with van der Waals surface area (Å²) < 4.78 is 5.27. The highest BCUT2D eigenvalue weighted by Gasteiger charge is 2.17. The van der Waals surface area contributed by atoms with Crippen LogP contribution in [0.5, 0.6) is 0 Å². The molecule has 3 aromatic rings. The van der Waals surface area contributed by atoms with Crippen molar-refractivity contribution in [2.24, 2.45) is 0 Å². The molecule has 4 heteroatoms. The summed E-state index contributed by atoms with van der Waals surface area (Å²) in [5, 5.41) is 0. The molecular formula is C19H19N3O. The first-order valence-corrected chi connectivity index (χ1v) is 8.12. The highest BCUT2D eigenvalue weighted by molar-refractivity contribution is 5.80. The van der Waals surface area contributed by atoms with E-state index < -0.39 is 0 Å². The van der Waals surface area contributed by atoms with Crippen molar-refractivity contribution in [3.63, 3.8) is 0 Å². The second-order valence-corrected chi connectivity index (χ2v) is 5.86. The Labute approximate surface area is 135 Å². The highest BCUT2D eigenvalue weighted by atomic mass is 16.3. The molecule has 4 rings (SSSR count). The number of anilines is 1. The topological polar surface area (TPSA) is 42.2 Å². The smallest absolute Gasteiger partial charge is 0.225 e. The molecule has 116 valence electrons. The first kappa shape index (κ1) is 14.0. The minimum Gasteiger partial charge on any atom is -0.472 e. The molecule has 0 spiro atoms. The van der Waals surface area contributed by atoms with Gasteiger partial charge in [0.05, 0.1) is 18.2 Å². The summed E-state index contributed by atoms with van der Waals surface area (Å²) in [7, 11) is 0. The second-order valence-electron chi connectivity index (χ2n) is 5.86. The fourth-order valence-electron chi connectivity index (χ4n) is 3.07. The molecule has 0 amide bonds. The van der Waals surface area contributed by atoms with E-state index in [4.69, 9.17) is 9.40 Å². The Morgan fingerprint density at radius 3 is 2.48 bits per heavy atom. The Kier molecular flexibility index (Phi) is 3.80. The maximum Gasteiger partial charge on any atom is 0.225 e. The number of benzene rings is 1. The Bertz CT molecular complexity index is 763. The van der Waals surface area contributed by atoms with Crippen LogP contribution in [0.25, 0.3) is 22.4 Å². The molecule has 1 aliphatic rings. The van der Waals surface area contributed by atoms with Crippen LogP contribution in [0.15, 0.2) is 59.5 Å². The number of nitrogens with zero attached hydrogens (tertiary/aromatic N) is 3. The van der Waals surface area contributed by atoms with Crippen molar-refractivity contribution in [3.8, 4) is 22.4 Å². The van der Waals surface area contributed by atoms with Gasteiger partial charge in [-0.2, -0.15) is 0 Å². The lowest BCUT2D eigenvalue weighted by Gasteiger charge is -2.27. The maximum atomic E-state index is 5.27. The van der Waals surface area contributed by atoms with E-state index in [2.05, 4.69) is 22.0 Å². The van der Waals surface area contributed by atoms with Crippen LogP contribution in [0.4, 0.5) is 5.95 Å². The number of hydrogen-bond donors (Lipinski definition) is 0. The molecule has 1 aromatic carbocycles. The van der Waals surface area contributed by atoms with Crippen LogP contribution in [-0.4, -0.2) is 23.1 Å². The highest BCUT2D eigenvalue weighted by Crippen LogP contribution is 2.32. The van der Waals surface area contributed by atoms with E-state index in [1.54, 1.807) is 12.5 Å². The van der Waals surface area contributed by atoms with E-state index in [9.17, 15) is 0 Å². The van der Waals surface area contributed by atoms with Crippen LogP contribution in [0.1, 0.15) is 19.3 Å². The molecule has 0 bridgehead atoms. The third-order valence-corrected chi connectivity index (χ3v) is 4.29. The van der Waals surface area contributed by atoms with Crippen LogP contribution < -0.4 is 4.90 Å². The van der Waals surface area contributed by atoms with E-state index in [1.807, 2.05) is 30.5 Å². The summed E-state index contributed by atoms with van der Waals surface area (Å²) in [4.78, 5) is 11.8. The van der Waals surface area contributed by atoms with Crippen molar-refractivity contribution < 1.29 is 4.42 Å². The Morgan fingerprint density at radius 1 is 0.913 bits per heavy atom. The van der Waals surface area contributed by atoms with Gasteiger partial charge in [-0.15, -0.1) is 0 Å². The average molecular weight is 305 g/mol. The zero-order chi connectivity index (χ0) is 15.5. The molecule has 0 aliphatic carbocycles. The van der Waals surface area contributed by atoms with Gasteiger partial charge in [-0.1, -0.05) is 30.3 Å². The predicted molar refractivity (Wildman–Crippen MR) is 91.2 cm³/mol. The first-order valence-electron chi connectivity index (χ1n) is 8.12. The van der Waals surface area contributed by atoms with Gasteiger partial charge in [-0.25, -0.2) is 9.97 Å². The van der Waals surface area contributed by atoms with Crippen molar-refractivity contribution in [2.75, 3.05) is 18.0 Å². The number of furan rings is 1. The van der Waals surface area contributed by atoms with Gasteiger partial charge in [-0.05, 0) is 30.9 Å². The van der Waals surface area contributed by atoms with Gasteiger partial charge in [0.1, 0.15) is 0 Å². The van der Waals surface area contributed by atoms with E-state index in [0.29, 0.717) is 0 Å². The molecule has 2 aromatic heterocycles. The summed E-state index contributed by atoms with van der Waals surface area (Å²) in [5.74, 6) is 0.820. The van der Waals surface area contributed by atoms with Gasteiger partial charge in [0.15, 0.2) is 0 Å². The third-order valence-electron chi connectivity index (χ3n) is 4.29. The third kappa shape index (κ3) is 2.84. The zero-order valence-corrected chi connectivity index (χ0v) is 13.0. The lowest BCUT2D eigenvalue weighted by atomic mass is 10.0. The zero-order valence-electron chi connectivity index (χ0n) is 13.0. The molecule has 23 heavy (non-hydrogen) atoms. The van der Waals surface area contributed by atoms with Crippen molar-refractivity contribution in [1.82, 2.24) is 9.97 Å². The quantitative estimate of drug-likeness (QED) is 0.719. The molecule has 3 heterocycles. The number of rotatable bonds is 3. The number of aromatic nitrogens is 2. The summed E-state index contributed by atoms with van der Waals surface area (Å²) in [6, 6.07) is 12.2. The number of piperidine rings is 1. The standard InChI is InChI=1S/C19H19N3O/c1-3-7-15(8-4-1)17-13-20-19(22-10-5-2-6-11-22)21-18(17)16-9-12-23-14-16/h1,3-4,7-9,12-14H,2,5-6,10-11H2. The summed E-state index contributed by atoms with van der Waals surface area (Å²) >= 11 is 0. The van der Waals surface area contributed by atoms with Gasteiger partial charge < -0.3 is 9.32 Å². The van der Waals surface area contributed by atoms with Crippen LogP contribution in [-0.2, 0) is 0 Å². The molecule has 0 unspecified atom stereocenters. The van der Waals surface area contributed by atoms with E-state index in [0.717, 1.165) is 41.4 Å². The fraction of sp³-hybridized carbons (Fsp3) is 0.263. The van der Waals surface area contributed by atoms with E-state index in [1.165, 1.54) is 19.3 Å². The SMILES string of the molecule is c1ccc(-c2cnc(N3CCCCC3)nc2-c2ccoc2)cc1. The monoisotopic (exact) mass is 305 g/mol. The Morgan fingerprint density at radius 2 is 1.74 bits per heavy atom. The predicted octanol–water partition coefficient (Wildman–Crippen LogP) is 4.39. The minimum atomic E-state index is 0.820. The summed E-state index contributed by atoms with van der Waals surface area (Å²) in [6.07, 6.45) is 9.10. The van der Waals surface area contributed by atoms with Crippen molar-refractivity contribution in [3.05, 3.63) is 55.1 Å². The second kappa shape index (κ2) is 6.24. The average Bonchev–Trinajstić information content (AvgIpc) is 3.17. The van der Waals surface area contributed by atoms with Crippen LogP contribution in [0.3, 0.4) is 0 Å². The molecule has 0 radical (unpaired) electrons.